The van der Waals surface area contributed by atoms with Crippen LogP contribution in [0, 0.1) is 45.3 Å². The van der Waals surface area contributed by atoms with E-state index in [0.717, 1.165) is 37.4 Å². The molecule has 1 aromatic rings. The second kappa shape index (κ2) is 11.1. The summed E-state index contributed by atoms with van der Waals surface area (Å²) in [7, 11) is 0. The monoisotopic (exact) mass is 632 g/mol. The Kier molecular flexibility index (Phi) is 7.87. The largest absolute Gasteiger partial charge is 0.478 e. The molecule has 3 unspecified atom stereocenters. The summed E-state index contributed by atoms with van der Waals surface area (Å²) in [5.74, 6) is 4.31. The second-order valence-corrected chi connectivity index (χ2v) is 18.4. The zero-order valence-electron chi connectivity index (χ0n) is 28.4. The lowest BCUT2D eigenvalue weighted by atomic mass is 9.33. The molecule has 4 saturated carbocycles. The van der Waals surface area contributed by atoms with Crippen LogP contribution in [0.1, 0.15) is 115 Å². The molecule has 0 spiro atoms. The van der Waals surface area contributed by atoms with E-state index in [1.165, 1.54) is 62.5 Å². The molecule has 1 saturated heterocycles. The van der Waals surface area contributed by atoms with Gasteiger partial charge in [0, 0.05) is 30.1 Å². The summed E-state index contributed by atoms with van der Waals surface area (Å²) in [6.07, 6.45) is 14.9. The van der Waals surface area contributed by atoms with Gasteiger partial charge < -0.3 is 10.4 Å². The highest BCUT2D eigenvalue weighted by Gasteiger charge is 2.69. The van der Waals surface area contributed by atoms with Crippen LogP contribution in [0.15, 0.2) is 30.3 Å². The predicted octanol–water partition coefficient (Wildman–Crippen LogP) is 8.15. The fourth-order valence-corrected chi connectivity index (χ4v) is 13.9. The summed E-state index contributed by atoms with van der Waals surface area (Å²) in [6, 6.07) is 7.59. The molecule has 5 nitrogen and oxygen atoms in total. The third-order valence-electron chi connectivity index (χ3n) is 15.2. The van der Waals surface area contributed by atoms with Gasteiger partial charge in [-0.25, -0.2) is 4.79 Å². The van der Waals surface area contributed by atoms with E-state index in [9.17, 15) is 14.7 Å². The summed E-state index contributed by atoms with van der Waals surface area (Å²) < 4.78 is 0. The SMILES string of the molecule is CC1(C)C(c2ccc(C(=O)O)cc2)=CC[C@@]2(C)C1CC[C@]1(C)C2CC[C@@H]2C3CCC[C@]3(NC(=O)CN3CCSCC3)CC[C@]21C. The number of carboxylic acids is 1. The number of fused-ring (bicyclic) bond motifs is 7. The highest BCUT2D eigenvalue weighted by Crippen LogP contribution is 2.76. The number of nitrogens with zero attached hydrogens (tertiary/aromatic N) is 1. The maximum absolute atomic E-state index is 13.5. The van der Waals surface area contributed by atoms with Crippen molar-refractivity contribution in [1.82, 2.24) is 10.2 Å². The number of aromatic carboxylic acids is 1. The van der Waals surface area contributed by atoms with Gasteiger partial charge in [-0.3, -0.25) is 9.69 Å². The zero-order chi connectivity index (χ0) is 31.8. The summed E-state index contributed by atoms with van der Waals surface area (Å²) in [4.78, 5) is 27.4. The zero-order valence-corrected chi connectivity index (χ0v) is 29.2. The number of nitrogens with one attached hydrogen (secondary N) is 1. The highest BCUT2D eigenvalue weighted by molar-refractivity contribution is 7.99. The van der Waals surface area contributed by atoms with Crippen molar-refractivity contribution >= 4 is 29.2 Å². The van der Waals surface area contributed by atoms with Crippen molar-refractivity contribution in [3.05, 3.63) is 41.5 Å². The van der Waals surface area contributed by atoms with Crippen LogP contribution in [-0.4, -0.2) is 58.6 Å². The summed E-state index contributed by atoms with van der Waals surface area (Å²) in [6.45, 7) is 15.6. The number of rotatable bonds is 5. The molecule has 0 aromatic heterocycles. The number of thioether (sulfide) groups is 1. The van der Waals surface area contributed by atoms with Crippen molar-refractivity contribution < 1.29 is 14.7 Å². The molecule has 6 heteroatoms. The number of amides is 1. The molecule has 8 atom stereocenters. The second-order valence-electron chi connectivity index (χ2n) is 17.2. The van der Waals surface area contributed by atoms with Crippen molar-refractivity contribution in [1.29, 1.82) is 0 Å². The van der Waals surface area contributed by atoms with Gasteiger partial charge in [-0.1, -0.05) is 59.2 Å². The summed E-state index contributed by atoms with van der Waals surface area (Å²) in [5, 5.41) is 13.2. The minimum atomic E-state index is -0.863. The Morgan fingerprint density at radius 3 is 2.31 bits per heavy atom. The first-order valence-corrected chi connectivity index (χ1v) is 19.2. The van der Waals surface area contributed by atoms with Crippen molar-refractivity contribution in [2.75, 3.05) is 31.1 Å². The third-order valence-corrected chi connectivity index (χ3v) is 16.2. The van der Waals surface area contributed by atoms with Crippen molar-refractivity contribution in [3.63, 3.8) is 0 Å². The van der Waals surface area contributed by atoms with Crippen molar-refractivity contribution in [3.8, 4) is 0 Å². The molecule has 2 N–H and O–H groups in total. The van der Waals surface area contributed by atoms with Gasteiger partial charge >= 0.3 is 5.97 Å². The van der Waals surface area contributed by atoms with Gasteiger partial charge in [-0.05, 0) is 126 Å². The Morgan fingerprint density at radius 2 is 1.60 bits per heavy atom. The average molecular weight is 633 g/mol. The van der Waals surface area contributed by atoms with Gasteiger partial charge in [-0.15, -0.1) is 0 Å². The molecule has 45 heavy (non-hydrogen) atoms. The predicted molar refractivity (Wildman–Crippen MR) is 184 cm³/mol. The highest BCUT2D eigenvalue weighted by atomic mass is 32.2. The molecule has 6 aliphatic rings. The Labute approximate surface area is 275 Å². The topological polar surface area (TPSA) is 69.6 Å². The van der Waals surface area contributed by atoms with Crippen LogP contribution in [0.3, 0.4) is 0 Å². The lowest BCUT2D eigenvalue weighted by Gasteiger charge is -2.72. The Hall–Kier alpha value is -1.79. The van der Waals surface area contributed by atoms with Crippen molar-refractivity contribution in [2.45, 2.75) is 104 Å². The van der Waals surface area contributed by atoms with Gasteiger partial charge in [0.15, 0.2) is 0 Å². The Balaban J connectivity index is 1.14. The smallest absolute Gasteiger partial charge is 0.335 e. The number of carbonyl (C=O) groups excluding carboxylic acids is 1. The number of carbonyl (C=O) groups is 2. The van der Waals surface area contributed by atoms with Crippen LogP contribution in [0.25, 0.3) is 5.57 Å². The molecule has 1 amide bonds. The van der Waals surface area contributed by atoms with Gasteiger partial charge in [-0.2, -0.15) is 11.8 Å². The minimum Gasteiger partial charge on any atom is -0.478 e. The summed E-state index contributed by atoms with van der Waals surface area (Å²) in [5.41, 5.74) is 3.84. The molecular weight excluding hydrogens is 577 g/mol. The molecule has 1 heterocycles. The van der Waals surface area contributed by atoms with E-state index in [4.69, 9.17) is 0 Å². The minimum absolute atomic E-state index is 0.0107. The van der Waals surface area contributed by atoms with Crippen molar-refractivity contribution in [2.24, 2.45) is 45.3 Å². The van der Waals surface area contributed by atoms with E-state index in [0.29, 0.717) is 46.6 Å². The number of carboxylic acid groups (broad SMARTS) is 1. The van der Waals surface area contributed by atoms with E-state index in [-0.39, 0.29) is 22.3 Å². The van der Waals surface area contributed by atoms with Gasteiger partial charge in [0.1, 0.15) is 0 Å². The first-order valence-electron chi connectivity index (χ1n) is 18.0. The normalized spacial score (nSPS) is 42.4. The van der Waals surface area contributed by atoms with E-state index in [2.05, 4.69) is 50.9 Å². The number of hydrogen-bond acceptors (Lipinski definition) is 4. The molecule has 5 aliphatic carbocycles. The lowest BCUT2D eigenvalue weighted by molar-refractivity contribution is -0.217. The molecule has 7 rings (SSSR count). The molecular formula is C39H56N2O3S. The molecule has 0 radical (unpaired) electrons. The van der Waals surface area contributed by atoms with Gasteiger partial charge in [0.25, 0.3) is 0 Å². The first-order chi connectivity index (χ1) is 21.3. The molecule has 0 bridgehead atoms. The average Bonchev–Trinajstić information content (AvgIpc) is 3.41. The Morgan fingerprint density at radius 1 is 0.867 bits per heavy atom. The van der Waals surface area contributed by atoms with Crippen LogP contribution >= 0.6 is 11.8 Å². The maximum Gasteiger partial charge on any atom is 0.335 e. The fourth-order valence-electron chi connectivity index (χ4n) is 13.0. The molecule has 5 fully saturated rings. The van der Waals surface area contributed by atoms with E-state index in [1.54, 1.807) is 12.1 Å². The van der Waals surface area contributed by atoms with Crippen LogP contribution < -0.4 is 5.32 Å². The van der Waals surface area contributed by atoms with E-state index in [1.807, 2.05) is 23.9 Å². The summed E-state index contributed by atoms with van der Waals surface area (Å²) >= 11 is 2.01. The molecule has 1 aromatic carbocycles. The quantitative estimate of drug-likeness (QED) is 0.343. The Bertz CT molecular complexity index is 1370. The van der Waals surface area contributed by atoms with Crippen LogP contribution in [0.5, 0.6) is 0 Å². The molecule has 1 aliphatic heterocycles. The van der Waals surface area contributed by atoms with Crippen LogP contribution in [0.4, 0.5) is 0 Å². The van der Waals surface area contributed by atoms with E-state index >= 15 is 0 Å². The van der Waals surface area contributed by atoms with Gasteiger partial charge in [0.2, 0.25) is 5.91 Å². The molecule has 246 valence electrons. The van der Waals surface area contributed by atoms with E-state index < -0.39 is 5.97 Å². The fraction of sp³-hybridized carbons (Fsp3) is 0.744. The van der Waals surface area contributed by atoms with Crippen LogP contribution in [-0.2, 0) is 4.79 Å². The first kappa shape index (κ1) is 31.8. The maximum atomic E-state index is 13.5. The van der Waals surface area contributed by atoms with Crippen LogP contribution in [0.2, 0.25) is 0 Å². The number of allylic oxidation sites excluding steroid dienone is 2. The number of benzene rings is 1. The standard InChI is InChI=1S/C39H56N2O3S/c1-35(2)28(26-8-10-27(11-9-26)34(43)44)14-17-36(3)31(35)15-18-38(5)32(36)13-12-29-30-7-6-16-39(30,20-19-37(29,38)4)40-33(42)25-41-21-23-45-24-22-41/h8-11,14,29-32H,6-7,12-13,15-25H2,1-5H3,(H,40,42)(H,43,44)/t29-,30?,31?,32?,36+,37-,38-,39+/m1/s1. The number of hydrogen-bond donors (Lipinski definition) is 2. The lowest BCUT2D eigenvalue weighted by Crippen LogP contribution is -2.68. The van der Waals surface area contributed by atoms with Gasteiger partial charge in [0.05, 0.1) is 12.1 Å². The third kappa shape index (κ3) is 4.80.